The predicted octanol–water partition coefficient (Wildman–Crippen LogP) is -0.239. The average Bonchev–Trinajstić information content (AvgIpc) is 2.68. The highest BCUT2D eigenvalue weighted by Gasteiger charge is 2.23. The highest BCUT2D eigenvalue weighted by molar-refractivity contribution is 7.51. The van der Waals surface area contributed by atoms with Gasteiger partial charge in [-0.15, -0.1) is 0 Å². The van der Waals surface area contributed by atoms with Crippen molar-refractivity contribution in [2.45, 2.75) is 6.54 Å². The highest BCUT2D eigenvalue weighted by Crippen LogP contribution is 2.34. The van der Waals surface area contributed by atoms with Gasteiger partial charge in [0.2, 0.25) is 0 Å². The van der Waals surface area contributed by atoms with E-state index in [2.05, 4.69) is 9.88 Å². The van der Waals surface area contributed by atoms with Crippen LogP contribution in [-0.2, 0) is 20.7 Å². The zero-order chi connectivity index (χ0) is 24.4. The monoisotopic (exact) mass is 507 g/mol. The molecule has 186 valence electrons. The molecule has 0 radical (unpaired) electrons. The minimum absolute atomic E-state index is 0.196. The maximum absolute atomic E-state index is 11.5. The number of carboxylic acid groups (broad SMARTS) is 2. The van der Waals surface area contributed by atoms with Gasteiger partial charge in [0, 0.05) is 58.9 Å². The fraction of sp³-hybridized carbons (Fsp3) is 0.632. The Morgan fingerprint density at radius 3 is 1.73 bits per heavy atom. The first kappa shape index (κ1) is 27.6. The van der Waals surface area contributed by atoms with Gasteiger partial charge in [-0.3, -0.25) is 33.8 Å². The van der Waals surface area contributed by atoms with E-state index < -0.39 is 25.8 Å². The molecule has 14 heteroatoms. The molecule has 0 aromatic carbocycles. The van der Waals surface area contributed by atoms with Crippen molar-refractivity contribution in [2.24, 2.45) is 0 Å². The number of carbonyl (C=O) groups is 2. The van der Waals surface area contributed by atoms with Crippen molar-refractivity contribution in [3.63, 3.8) is 0 Å². The summed E-state index contributed by atoms with van der Waals surface area (Å²) in [4.78, 5) is 52.8. The number of carboxylic acids is 2. The third-order valence-electron chi connectivity index (χ3n) is 5.19. The third kappa shape index (κ3) is 11.9. The maximum atomic E-state index is 11.5. The molecule has 1 aromatic heterocycles. The normalized spacial score (nSPS) is 19.0. The van der Waals surface area contributed by atoms with Gasteiger partial charge in [0.25, 0.3) is 0 Å². The molecule has 2 rings (SSSR count). The van der Waals surface area contributed by atoms with Gasteiger partial charge in [-0.05, 0) is 12.1 Å². The maximum Gasteiger partial charge on any atom is 0.339 e. The van der Waals surface area contributed by atoms with Crippen molar-refractivity contribution in [3.05, 3.63) is 29.0 Å². The van der Waals surface area contributed by atoms with Crippen LogP contribution in [0.25, 0.3) is 0 Å². The molecule has 1 saturated heterocycles. The Balaban J connectivity index is 2.18. The quantitative estimate of drug-likeness (QED) is 0.271. The molecule has 0 aliphatic carbocycles. The van der Waals surface area contributed by atoms with Crippen molar-refractivity contribution in [1.29, 1.82) is 0 Å². The molecular weight excluding hydrogens is 477 g/mol. The Bertz CT molecular complexity index is 811. The number of aromatic nitrogens is 1. The molecule has 0 unspecified atom stereocenters. The van der Waals surface area contributed by atoms with Gasteiger partial charge in [0.15, 0.2) is 0 Å². The number of nitrogens with zero attached hydrogens (tertiary/aromatic N) is 5. The molecule has 0 atom stereocenters. The van der Waals surface area contributed by atoms with Crippen LogP contribution in [0.1, 0.15) is 5.69 Å². The first-order valence-electron chi connectivity index (χ1n) is 10.5. The van der Waals surface area contributed by atoms with Gasteiger partial charge in [-0.25, -0.2) is 4.98 Å². The molecule has 12 nitrogen and oxygen atoms in total. The lowest BCUT2D eigenvalue weighted by Gasteiger charge is -2.33. The molecule has 4 N–H and O–H groups in total. The SMILES string of the molecule is O=C(O)CN1CCN(Cc2cccc(Cl)n2)CCN(CC(=O)O)CCN(CP(=O)(O)O)CC1. The fourth-order valence-electron chi connectivity index (χ4n) is 3.60. The zero-order valence-corrected chi connectivity index (χ0v) is 19.9. The second-order valence-electron chi connectivity index (χ2n) is 7.99. The van der Waals surface area contributed by atoms with Gasteiger partial charge < -0.3 is 20.0 Å². The molecule has 1 fully saturated rings. The van der Waals surface area contributed by atoms with Crippen LogP contribution in [0.5, 0.6) is 0 Å². The van der Waals surface area contributed by atoms with Crippen LogP contribution in [-0.4, -0.2) is 128 Å². The molecule has 0 amide bonds. The molecule has 0 bridgehead atoms. The van der Waals surface area contributed by atoms with E-state index in [1.807, 2.05) is 6.07 Å². The van der Waals surface area contributed by atoms with Crippen LogP contribution < -0.4 is 0 Å². The van der Waals surface area contributed by atoms with Crippen molar-refractivity contribution in [1.82, 2.24) is 24.6 Å². The summed E-state index contributed by atoms with van der Waals surface area (Å²) >= 11 is 5.99. The summed E-state index contributed by atoms with van der Waals surface area (Å²) in [6.45, 7) is 2.99. The van der Waals surface area contributed by atoms with E-state index in [-0.39, 0.29) is 26.2 Å². The third-order valence-corrected chi connectivity index (χ3v) is 6.17. The Kier molecular flexibility index (Phi) is 11.1. The highest BCUT2D eigenvalue weighted by atomic mass is 35.5. The van der Waals surface area contributed by atoms with E-state index in [1.165, 1.54) is 0 Å². The first-order valence-corrected chi connectivity index (χ1v) is 12.7. The first-order chi connectivity index (χ1) is 15.5. The molecule has 33 heavy (non-hydrogen) atoms. The number of halogens is 1. The molecule has 1 aliphatic heterocycles. The summed E-state index contributed by atoms with van der Waals surface area (Å²) in [5, 5.41) is 18.9. The van der Waals surface area contributed by atoms with Gasteiger partial charge >= 0.3 is 19.5 Å². The van der Waals surface area contributed by atoms with Gasteiger partial charge in [-0.1, -0.05) is 17.7 Å². The number of hydrogen-bond donors (Lipinski definition) is 4. The summed E-state index contributed by atoms with van der Waals surface area (Å²) < 4.78 is 11.5. The Labute approximate surface area is 197 Å². The molecule has 0 spiro atoms. The molecule has 1 aromatic rings. The van der Waals surface area contributed by atoms with Crippen LogP contribution in [0, 0.1) is 0 Å². The van der Waals surface area contributed by atoms with E-state index in [9.17, 15) is 34.2 Å². The van der Waals surface area contributed by atoms with E-state index in [1.54, 1.807) is 26.8 Å². The van der Waals surface area contributed by atoms with E-state index in [0.717, 1.165) is 5.69 Å². The van der Waals surface area contributed by atoms with Crippen LogP contribution >= 0.6 is 19.2 Å². The van der Waals surface area contributed by atoms with E-state index in [0.29, 0.717) is 51.0 Å². The second kappa shape index (κ2) is 13.3. The van der Waals surface area contributed by atoms with Crippen molar-refractivity contribution >= 4 is 31.1 Å². The van der Waals surface area contributed by atoms with Crippen molar-refractivity contribution in [2.75, 3.05) is 71.7 Å². The van der Waals surface area contributed by atoms with Crippen molar-refractivity contribution < 1.29 is 34.2 Å². The summed E-state index contributed by atoms with van der Waals surface area (Å²) in [6.07, 6.45) is -0.471. The fourth-order valence-corrected chi connectivity index (χ4v) is 4.59. The minimum atomic E-state index is -4.33. The summed E-state index contributed by atoms with van der Waals surface area (Å²) in [5.74, 6) is -1.97. The lowest BCUT2D eigenvalue weighted by molar-refractivity contribution is -0.139. The van der Waals surface area contributed by atoms with Gasteiger partial charge in [-0.2, -0.15) is 0 Å². The largest absolute Gasteiger partial charge is 0.480 e. The second-order valence-corrected chi connectivity index (χ2v) is 9.99. The molecule has 0 saturated carbocycles. The van der Waals surface area contributed by atoms with Crippen LogP contribution in [0.15, 0.2) is 18.2 Å². The van der Waals surface area contributed by atoms with Crippen LogP contribution in [0.2, 0.25) is 5.15 Å². The molecular formula is C19H31ClN5O7P. The van der Waals surface area contributed by atoms with Crippen LogP contribution in [0.4, 0.5) is 0 Å². The van der Waals surface area contributed by atoms with Crippen LogP contribution in [0.3, 0.4) is 0 Å². The molecule has 2 heterocycles. The Hall–Kier alpha value is -1.63. The number of rotatable bonds is 8. The van der Waals surface area contributed by atoms with E-state index >= 15 is 0 Å². The summed E-state index contributed by atoms with van der Waals surface area (Å²) in [5.41, 5.74) is 0.747. The lowest BCUT2D eigenvalue weighted by atomic mass is 10.3. The average molecular weight is 508 g/mol. The molecule has 1 aliphatic rings. The predicted molar refractivity (Wildman–Crippen MR) is 121 cm³/mol. The van der Waals surface area contributed by atoms with Gasteiger partial charge in [0.1, 0.15) is 11.4 Å². The number of hydrogen-bond acceptors (Lipinski definition) is 8. The Morgan fingerprint density at radius 1 is 0.848 bits per heavy atom. The minimum Gasteiger partial charge on any atom is -0.480 e. The zero-order valence-electron chi connectivity index (χ0n) is 18.3. The Morgan fingerprint density at radius 2 is 1.30 bits per heavy atom. The van der Waals surface area contributed by atoms with Gasteiger partial charge in [0.05, 0.1) is 18.8 Å². The standard InChI is InChI=1S/C19H31ClN5O7P/c20-17-3-1-2-16(21-17)12-22-4-6-23(13-18(26)27)8-10-25(15-33(30,31)32)11-9-24(7-5-22)14-19(28)29/h1-3H,4-15H2,(H,26,27)(H,28,29)(H2,30,31,32). The van der Waals surface area contributed by atoms with E-state index in [4.69, 9.17) is 11.6 Å². The smallest absolute Gasteiger partial charge is 0.339 e. The number of aliphatic carboxylic acids is 2. The summed E-state index contributed by atoms with van der Waals surface area (Å²) in [6, 6.07) is 5.31. The van der Waals surface area contributed by atoms with Crippen molar-refractivity contribution in [3.8, 4) is 0 Å². The number of pyridine rings is 1. The lowest BCUT2D eigenvalue weighted by Crippen LogP contribution is -2.47. The summed E-state index contributed by atoms with van der Waals surface area (Å²) in [7, 11) is -4.33. The topological polar surface area (TPSA) is 158 Å².